The highest BCUT2D eigenvalue weighted by molar-refractivity contribution is 7.38. The van der Waals surface area contributed by atoms with Gasteiger partial charge in [0.2, 0.25) is 0 Å². The van der Waals surface area contributed by atoms with E-state index in [2.05, 4.69) is 60.0 Å². The number of hydrogen-bond donors (Lipinski definition) is 0. The van der Waals surface area contributed by atoms with Crippen molar-refractivity contribution >= 4 is 13.8 Å². The Kier molecular flexibility index (Phi) is 9.22. The topological polar surface area (TPSA) is 12.5 Å². The van der Waals surface area contributed by atoms with Gasteiger partial charge in [-0.05, 0) is 54.1 Å². The molecule has 0 atom stereocenters. The van der Waals surface area contributed by atoms with Crippen LogP contribution in [0.25, 0.3) is 0 Å². The van der Waals surface area contributed by atoms with Gasteiger partial charge < -0.3 is 4.74 Å². The molecule has 0 heterocycles. The summed E-state index contributed by atoms with van der Waals surface area (Å²) < 4.78 is 6.22. The summed E-state index contributed by atoms with van der Waals surface area (Å²) in [7, 11) is 1.22. The second-order valence-corrected chi connectivity index (χ2v) is 7.97. The lowest BCUT2D eigenvalue weighted by atomic mass is 9.94. The Morgan fingerprint density at radius 3 is 2.00 bits per heavy atom. The summed E-state index contributed by atoms with van der Waals surface area (Å²) in [4.78, 5) is 2.50. The van der Waals surface area contributed by atoms with Gasteiger partial charge in [0, 0.05) is 12.1 Å². The van der Waals surface area contributed by atoms with Crippen molar-refractivity contribution in [3.8, 4) is 0 Å². The molecule has 120 valence electrons. The molecule has 0 saturated heterocycles. The number of hydrogen-bond acceptors (Lipinski definition) is 1. The number of ether oxygens (including phenoxy) is 1. The van der Waals surface area contributed by atoms with E-state index in [0.29, 0.717) is 0 Å². The molecule has 0 aromatic carbocycles. The Morgan fingerprint density at radius 2 is 1.60 bits per heavy atom. The quantitative estimate of drug-likeness (QED) is 0.410. The smallest absolute Gasteiger partial charge is 0.145 e. The third kappa shape index (κ3) is 7.76. The first-order valence-corrected chi connectivity index (χ1v) is 9.45. The number of nitrogens with zero attached hydrogens (tertiary/aromatic N) is 1. The molecule has 2 nitrogen and oxygen atoms in total. The fourth-order valence-corrected chi connectivity index (χ4v) is 3.30. The van der Waals surface area contributed by atoms with E-state index in [1.807, 2.05) is 0 Å². The molecule has 0 aliphatic heterocycles. The van der Waals surface area contributed by atoms with Crippen LogP contribution in [0.4, 0.5) is 0 Å². The van der Waals surface area contributed by atoms with Gasteiger partial charge in [-0.1, -0.05) is 41.3 Å². The van der Waals surface area contributed by atoms with Crippen LogP contribution in [0, 0.1) is 0 Å². The zero-order chi connectivity index (χ0) is 15.8. The fourth-order valence-electron chi connectivity index (χ4n) is 2.32. The van der Waals surface area contributed by atoms with Crippen molar-refractivity contribution in [3.63, 3.8) is 0 Å². The number of unbranched alkanes of at least 4 members (excludes halogenated alkanes) is 2. The molecule has 0 N–H and O–H groups in total. The van der Waals surface area contributed by atoms with E-state index in [0.717, 1.165) is 18.6 Å². The molecule has 0 aromatic heterocycles. The number of rotatable bonds is 9. The van der Waals surface area contributed by atoms with Crippen molar-refractivity contribution in [1.82, 2.24) is 4.90 Å². The highest BCUT2D eigenvalue weighted by Gasteiger charge is 2.30. The minimum Gasteiger partial charge on any atom is -0.326 e. The molecular weight excluding hydrogens is 265 g/mol. The van der Waals surface area contributed by atoms with E-state index in [9.17, 15) is 0 Å². The Hall–Kier alpha value is 0.0900. The van der Waals surface area contributed by atoms with E-state index < -0.39 is 0 Å². The lowest BCUT2D eigenvalue weighted by molar-refractivity contribution is 0.0665. The first-order valence-electron chi connectivity index (χ1n) is 8.11. The Labute approximate surface area is 129 Å². The molecule has 0 unspecified atom stereocenters. The molecule has 0 aromatic rings. The summed E-state index contributed by atoms with van der Waals surface area (Å²) in [6, 6.07) is 0. The maximum absolute atomic E-state index is 6.22. The highest BCUT2D eigenvalue weighted by atomic mass is 31.1. The van der Waals surface area contributed by atoms with Gasteiger partial charge in [-0.2, -0.15) is 0 Å². The summed E-state index contributed by atoms with van der Waals surface area (Å²) in [5.41, 5.74) is 1.18. The van der Waals surface area contributed by atoms with Crippen molar-refractivity contribution in [3.05, 3.63) is 0 Å². The monoisotopic (exact) mass is 301 g/mol. The molecule has 0 spiro atoms. The maximum atomic E-state index is 6.22. The first kappa shape index (κ1) is 20.1. The van der Waals surface area contributed by atoms with Crippen LogP contribution in [-0.2, 0) is 4.74 Å². The molecule has 0 amide bonds. The summed E-state index contributed by atoms with van der Waals surface area (Å²) in [5, 5.41) is 0. The van der Waals surface area contributed by atoms with Gasteiger partial charge in [0.25, 0.3) is 0 Å². The van der Waals surface area contributed by atoms with Crippen LogP contribution >= 0.6 is 8.20 Å². The van der Waals surface area contributed by atoms with E-state index in [-0.39, 0.29) is 11.1 Å². The zero-order valence-corrected chi connectivity index (χ0v) is 15.9. The van der Waals surface area contributed by atoms with E-state index in [1.54, 1.807) is 0 Å². The van der Waals surface area contributed by atoms with Gasteiger partial charge in [0.15, 0.2) is 0 Å². The minimum atomic E-state index is -0.121. The standard InChI is InChI=1S/C17H36NOP/c1-9-11-12-13-17(6,7)18(14-10-2)15(20-8)19-16(3,4)5/h9-14H2,1-8H3. The second-order valence-electron chi connectivity index (χ2n) is 7.14. The van der Waals surface area contributed by atoms with E-state index in [1.165, 1.54) is 33.9 Å². The van der Waals surface area contributed by atoms with E-state index in [4.69, 9.17) is 4.74 Å². The summed E-state index contributed by atoms with van der Waals surface area (Å²) >= 11 is 0. The average Bonchev–Trinajstić information content (AvgIpc) is 2.32. The highest BCUT2D eigenvalue weighted by Crippen LogP contribution is 2.26. The van der Waals surface area contributed by atoms with Gasteiger partial charge >= 0.3 is 0 Å². The molecule has 0 radical (unpaired) electrons. The van der Waals surface area contributed by atoms with Crippen molar-refractivity contribution in [1.29, 1.82) is 0 Å². The Morgan fingerprint density at radius 1 is 1.00 bits per heavy atom. The van der Waals surface area contributed by atoms with Gasteiger partial charge in [-0.3, -0.25) is 0 Å². The lowest BCUT2D eigenvalue weighted by Gasteiger charge is -2.41. The normalized spacial score (nSPS) is 14.2. The molecule has 0 aliphatic carbocycles. The summed E-state index contributed by atoms with van der Waals surface area (Å²) in [6.45, 7) is 18.9. The Bertz CT molecular complexity index is 292. The van der Waals surface area contributed by atoms with Crippen LogP contribution in [0.15, 0.2) is 0 Å². The second kappa shape index (κ2) is 9.18. The largest absolute Gasteiger partial charge is 0.326 e. The van der Waals surface area contributed by atoms with Crippen LogP contribution in [-0.4, -0.2) is 34.9 Å². The molecule has 0 fully saturated rings. The van der Waals surface area contributed by atoms with Crippen molar-refractivity contribution in [2.24, 2.45) is 0 Å². The van der Waals surface area contributed by atoms with Crippen LogP contribution < -0.4 is 0 Å². The van der Waals surface area contributed by atoms with Crippen LogP contribution in [0.2, 0.25) is 0 Å². The molecular formula is C17H36NOP. The van der Waals surface area contributed by atoms with Crippen molar-refractivity contribution < 1.29 is 4.74 Å². The molecule has 0 saturated carbocycles. The molecule has 3 heteroatoms. The minimum absolute atomic E-state index is 0.121. The zero-order valence-electron chi connectivity index (χ0n) is 15.0. The van der Waals surface area contributed by atoms with Gasteiger partial charge in [-0.15, -0.1) is 0 Å². The predicted molar refractivity (Wildman–Crippen MR) is 93.9 cm³/mol. The molecule has 0 aliphatic rings. The SMILES string of the molecule is CCCCCC(C)(C)N(CCC)C(OC(C)(C)C)=PC. The lowest BCUT2D eigenvalue weighted by Crippen LogP contribution is -2.50. The third-order valence-electron chi connectivity index (χ3n) is 3.39. The average molecular weight is 301 g/mol. The maximum Gasteiger partial charge on any atom is 0.145 e. The van der Waals surface area contributed by atoms with Crippen LogP contribution in [0.1, 0.15) is 80.6 Å². The molecule has 20 heavy (non-hydrogen) atoms. The molecule has 0 bridgehead atoms. The van der Waals surface area contributed by atoms with Crippen LogP contribution in [0.5, 0.6) is 0 Å². The van der Waals surface area contributed by atoms with Crippen molar-refractivity contribution in [2.45, 2.75) is 91.7 Å². The molecule has 0 rings (SSSR count). The third-order valence-corrected chi connectivity index (χ3v) is 4.10. The van der Waals surface area contributed by atoms with Gasteiger partial charge in [0.1, 0.15) is 5.60 Å². The van der Waals surface area contributed by atoms with Crippen LogP contribution in [0.3, 0.4) is 0 Å². The Balaban J connectivity index is 4.98. The summed E-state index contributed by atoms with van der Waals surface area (Å²) in [6.07, 6.45) is 6.29. The summed E-state index contributed by atoms with van der Waals surface area (Å²) in [5.74, 6) is 0. The predicted octanol–water partition coefficient (Wildman–Crippen LogP) is 5.54. The first-order chi connectivity index (χ1) is 9.18. The van der Waals surface area contributed by atoms with E-state index >= 15 is 0 Å². The van der Waals surface area contributed by atoms with Gasteiger partial charge in [-0.25, -0.2) is 4.90 Å². The fraction of sp³-hybridized carbons (Fsp3) is 0.941. The van der Waals surface area contributed by atoms with Gasteiger partial charge in [0.05, 0.1) is 5.60 Å². The van der Waals surface area contributed by atoms with Crippen molar-refractivity contribution in [2.75, 3.05) is 13.2 Å².